The van der Waals surface area contributed by atoms with Crippen molar-refractivity contribution in [2.75, 3.05) is 18.4 Å². The van der Waals surface area contributed by atoms with Crippen molar-refractivity contribution in [3.63, 3.8) is 0 Å². The van der Waals surface area contributed by atoms with Gasteiger partial charge in [-0.15, -0.1) is 0 Å². The summed E-state index contributed by atoms with van der Waals surface area (Å²) >= 11 is 11.8. The first kappa shape index (κ1) is 19.7. The molecule has 0 atom stereocenters. The summed E-state index contributed by atoms with van der Waals surface area (Å²) in [6.45, 7) is 4.24. The lowest BCUT2D eigenvalue weighted by Gasteiger charge is -2.18. The van der Waals surface area contributed by atoms with Gasteiger partial charge in [0, 0.05) is 34.4 Å². The molecule has 0 aliphatic heterocycles. The van der Waals surface area contributed by atoms with Crippen molar-refractivity contribution in [1.82, 2.24) is 4.31 Å². The largest absolute Gasteiger partial charge is 0.322 e. The third kappa shape index (κ3) is 4.73. The standard InChI is InChI=1S/C17H18Cl2N2O3S/c1-3-21(4-2)25(23,24)16-7-5-6-12(8-16)17(22)20-15-10-13(18)9-14(19)11-15/h5-11H,3-4H2,1-2H3,(H,20,22). The smallest absolute Gasteiger partial charge is 0.255 e. The molecule has 0 spiro atoms. The molecule has 0 aliphatic carbocycles. The van der Waals surface area contributed by atoms with Gasteiger partial charge in [-0.1, -0.05) is 43.1 Å². The molecule has 0 fully saturated rings. The van der Waals surface area contributed by atoms with E-state index in [2.05, 4.69) is 5.32 Å². The number of carbonyl (C=O) groups is 1. The highest BCUT2D eigenvalue weighted by molar-refractivity contribution is 7.89. The van der Waals surface area contributed by atoms with Gasteiger partial charge in [0.15, 0.2) is 0 Å². The van der Waals surface area contributed by atoms with Crippen LogP contribution in [0.3, 0.4) is 0 Å². The maximum atomic E-state index is 12.6. The van der Waals surface area contributed by atoms with E-state index in [0.29, 0.717) is 28.8 Å². The van der Waals surface area contributed by atoms with E-state index in [1.807, 2.05) is 0 Å². The van der Waals surface area contributed by atoms with Gasteiger partial charge < -0.3 is 5.32 Å². The van der Waals surface area contributed by atoms with Crippen molar-refractivity contribution in [2.24, 2.45) is 0 Å². The van der Waals surface area contributed by atoms with Crippen molar-refractivity contribution in [2.45, 2.75) is 18.7 Å². The molecule has 0 aromatic heterocycles. The van der Waals surface area contributed by atoms with Crippen molar-refractivity contribution in [3.05, 3.63) is 58.1 Å². The second-order valence-electron chi connectivity index (χ2n) is 5.23. The summed E-state index contributed by atoms with van der Waals surface area (Å²) in [6, 6.07) is 10.6. The molecular formula is C17H18Cl2N2O3S. The first-order valence-electron chi connectivity index (χ1n) is 7.65. The molecule has 5 nitrogen and oxygen atoms in total. The van der Waals surface area contributed by atoms with Crippen LogP contribution in [0.2, 0.25) is 10.0 Å². The summed E-state index contributed by atoms with van der Waals surface area (Å²) in [6.07, 6.45) is 0. The Labute approximate surface area is 157 Å². The molecule has 0 unspecified atom stereocenters. The first-order chi connectivity index (χ1) is 11.8. The Morgan fingerprint density at radius 1 is 1.04 bits per heavy atom. The van der Waals surface area contributed by atoms with Gasteiger partial charge in [-0.05, 0) is 36.4 Å². The van der Waals surface area contributed by atoms with Crippen LogP contribution < -0.4 is 5.32 Å². The quantitative estimate of drug-likeness (QED) is 0.786. The molecule has 2 rings (SSSR count). The fourth-order valence-electron chi connectivity index (χ4n) is 2.34. The van der Waals surface area contributed by atoms with Crippen LogP contribution in [0.4, 0.5) is 5.69 Å². The number of sulfonamides is 1. The van der Waals surface area contributed by atoms with Crippen LogP contribution >= 0.6 is 23.2 Å². The molecule has 134 valence electrons. The number of anilines is 1. The van der Waals surface area contributed by atoms with Crippen LogP contribution in [0.5, 0.6) is 0 Å². The number of rotatable bonds is 6. The topological polar surface area (TPSA) is 66.5 Å². The third-order valence-corrected chi connectivity index (χ3v) is 6.04. The minimum atomic E-state index is -3.63. The number of nitrogens with zero attached hydrogens (tertiary/aromatic N) is 1. The van der Waals surface area contributed by atoms with E-state index in [1.165, 1.54) is 22.5 Å². The lowest BCUT2D eigenvalue weighted by Crippen LogP contribution is -2.30. The van der Waals surface area contributed by atoms with Crippen molar-refractivity contribution >= 4 is 44.8 Å². The second-order valence-corrected chi connectivity index (χ2v) is 8.04. The van der Waals surface area contributed by atoms with Crippen LogP contribution in [-0.2, 0) is 10.0 Å². The molecule has 1 N–H and O–H groups in total. The van der Waals surface area contributed by atoms with Gasteiger partial charge in [-0.25, -0.2) is 8.42 Å². The van der Waals surface area contributed by atoms with E-state index in [-0.39, 0.29) is 10.5 Å². The predicted molar refractivity (Wildman–Crippen MR) is 101 cm³/mol. The average molecular weight is 401 g/mol. The number of carbonyl (C=O) groups excluding carboxylic acids is 1. The van der Waals surface area contributed by atoms with Gasteiger partial charge in [0.05, 0.1) is 4.90 Å². The molecule has 0 saturated carbocycles. The van der Waals surface area contributed by atoms with E-state index >= 15 is 0 Å². The van der Waals surface area contributed by atoms with Gasteiger partial charge in [-0.3, -0.25) is 4.79 Å². The second kappa shape index (κ2) is 8.19. The Morgan fingerprint density at radius 2 is 1.64 bits per heavy atom. The molecule has 1 amide bonds. The molecule has 0 aliphatic rings. The summed E-state index contributed by atoms with van der Waals surface area (Å²) in [4.78, 5) is 12.5. The van der Waals surface area contributed by atoms with Crippen LogP contribution in [0, 0.1) is 0 Å². The Kier molecular flexibility index (Phi) is 6.46. The van der Waals surface area contributed by atoms with Crippen LogP contribution in [-0.4, -0.2) is 31.7 Å². The number of hydrogen-bond acceptors (Lipinski definition) is 3. The molecule has 0 saturated heterocycles. The summed E-state index contributed by atoms with van der Waals surface area (Å²) < 4.78 is 26.5. The van der Waals surface area contributed by atoms with Crippen molar-refractivity contribution in [3.8, 4) is 0 Å². The molecule has 25 heavy (non-hydrogen) atoms. The Morgan fingerprint density at radius 3 is 2.20 bits per heavy atom. The molecule has 2 aromatic rings. The highest BCUT2D eigenvalue weighted by Crippen LogP contribution is 2.23. The summed E-state index contributed by atoms with van der Waals surface area (Å²) in [5.41, 5.74) is 0.656. The number of halogens is 2. The van der Waals surface area contributed by atoms with Gasteiger partial charge in [0.25, 0.3) is 5.91 Å². The van der Waals surface area contributed by atoms with Gasteiger partial charge in [0.1, 0.15) is 0 Å². The molecule has 2 aromatic carbocycles. The Bertz CT molecular complexity index is 861. The highest BCUT2D eigenvalue weighted by atomic mass is 35.5. The minimum absolute atomic E-state index is 0.0768. The Balaban J connectivity index is 2.30. The van der Waals surface area contributed by atoms with Crippen LogP contribution in [0.15, 0.2) is 47.4 Å². The first-order valence-corrected chi connectivity index (χ1v) is 9.85. The van der Waals surface area contributed by atoms with E-state index in [1.54, 1.807) is 38.1 Å². The monoisotopic (exact) mass is 400 g/mol. The SMILES string of the molecule is CCN(CC)S(=O)(=O)c1cccc(C(=O)Nc2cc(Cl)cc(Cl)c2)c1. The van der Waals surface area contributed by atoms with Gasteiger partial charge in [-0.2, -0.15) is 4.31 Å². The maximum absolute atomic E-state index is 12.6. The third-order valence-electron chi connectivity index (χ3n) is 3.56. The van der Waals surface area contributed by atoms with E-state index < -0.39 is 15.9 Å². The highest BCUT2D eigenvalue weighted by Gasteiger charge is 2.22. The van der Waals surface area contributed by atoms with E-state index in [4.69, 9.17) is 23.2 Å². The average Bonchev–Trinajstić information content (AvgIpc) is 2.55. The van der Waals surface area contributed by atoms with Crippen molar-refractivity contribution in [1.29, 1.82) is 0 Å². The molecule has 0 heterocycles. The fourth-order valence-corrected chi connectivity index (χ4v) is 4.37. The van der Waals surface area contributed by atoms with E-state index in [0.717, 1.165) is 0 Å². The number of nitrogens with one attached hydrogen (secondary N) is 1. The summed E-state index contributed by atoms with van der Waals surface area (Å²) in [7, 11) is -3.63. The zero-order chi connectivity index (χ0) is 18.6. The number of hydrogen-bond donors (Lipinski definition) is 1. The van der Waals surface area contributed by atoms with Gasteiger partial charge >= 0.3 is 0 Å². The summed E-state index contributed by atoms with van der Waals surface area (Å²) in [5.74, 6) is -0.449. The molecule has 0 bridgehead atoms. The fraction of sp³-hybridized carbons (Fsp3) is 0.235. The lowest BCUT2D eigenvalue weighted by molar-refractivity contribution is 0.102. The molecule has 0 radical (unpaired) electrons. The number of amides is 1. The van der Waals surface area contributed by atoms with Crippen LogP contribution in [0.25, 0.3) is 0 Å². The lowest BCUT2D eigenvalue weighted by atomic mass is 10.2. The van der Waals surface area contributed by atoms with Gasteiger partial charge in [0.2, 0.25) is 10.0 Å². The maximum Gasteiger partial charge on any atom is 0.255 e. The predicted octanol–water partition coefficient (Wildman–Crippen LogP) is 4.28. The van der Waals surface area contributed by atoms with E-state index in [9.17, 15) is 13.2 Å². The number of benzene rings is 2. The van der Waals surface area contributed by atoms with Crippen molar-refractivity contribution < 1.29 is 13.2 Å². The summed E-state index contributed by atoms with van der Waals surface area (Å²) in [5, 5.41) is 3.44. The molecular weight excluding hydrogens is 383 g/mol. The zero-order valence-corrected chi connectivity index (χ0v) is 16.1. The normalized spacial score (nSPS) is 11.6. The molecule has 8 heteroatoms. The Hall–Kier alpha value is -1.60. The zero-order valence-electron chi connectivity index (χ0n) is 13.8. The minimum Gasteiger partial charge on any atom is -0.322 e. The van der Waals surface area contributed by atoms with Crippen LogP contribution in [0.1, 0.15) is 24.2 Å².